The highest BCUT2D eigenvalue weighted by atomic mass is 19.4. The monoisotopic (exact) mass is 340 g/mol. The van der Waals surface area contributed by atoms with E-state index in [9.17, 15) is 18.0 Å². The number of aryl methyl sites for hydroxylation is 2. The molecule has 1 fully saturated rings. The van der Waals surface area contributed by atoms with Crippen LogP contribution >= 0.6 is 0 Å². The summed E-state index contributed by atoms with van der Waals surface area (Å²) in [6.45, 7) is 4.70. The third kappa shape index (κ3) is 3.18. The van der Waals surface area contributed by atoms with Gasteiger partial charge in [-0.05, 0) is 38.3 Å². The topological polar surface area (TPSA) is 64.8 Å². The van der Waals surface area contributed by atoms with Gasteiger partial charge < -0.3 is 14.9 Å². The normalized spacial score (nSPS) is 18.9. The molecule has 5 nitrogen and oxygen atoms in total. The number of rotatable bonds is 2. The number of likely N-dealkylation sites (tertiary alicyclic amines) is 1. The molecule has 8 heteroatoms. The molecule has 0 aromatic carbocycles. The quantitative estimate of drug-likeness (QED) is 0.880. The second-order valence-electron chi connectivity index (χ2n) is 6.28. The van der Waals surface area contributed by atoms with Crippen LogP contribution in [0.1, 0.15) is 52.0 Å². The molecule has 0 unspecified atom stereocenters. The van der Waals surface area contributed by atoms with Gasteiger partial charge >= 0.3 is 6.18 Å². The van der Waals surface area contributed by atoms with E-state index >= 15 is 0 Å². The van der Waals surface area contributed by atoms with Gasteiger partial charge in [-0.15, -0.1) is 0 Å². The minimum absolute atomic E-state index is 0.118. The number of alkyl halides is 3. The Labute approximate surface area is 137 Å². The molecular formula is C16H19F3N4O. The van der Waals surface area contributed by atoms with E-state index in [0.29, 0.717) is 31.0 Å². The van der Waals surface area contributed by atoms with Gasteiger partial charge in [0.25, 0.3) is 5.91 Å². The Morgan fingerprint density at radius 3 is 2.67 bits per heavy atom. The van der Waals surface area contributed by atoms with Gasteiger partial charge in [-0.2, -0.15) is 13.2 Å². The fourth-order valence-corrected chi connectivity index (χ4v) is 3.18. The second kappa shape index (κ2) is 5.99. The Hall–Kier alpha value is -2.25. The molecule has 24 heavy (non-hydrogen) atoms. The van der Waals surface area contributed by atoms with E-state index in [1.807, 2.05) is 19.9 Å². The Bertz CT molecular complexity index is 747. The summed E-state index contributed by atoms with van der Waals surface area (Å²) in [4.78, 5) is 23.6. The number of hydrogen-bond donors (Lipinski definition) is 2. The lowest BCUT2D eigenvalue weighted by atomic mass is 9.97. The fourth-order valence-electron chi connectivity index (χ4n) is 3.18. The molecule has 0 spiro atoms. The van der Waals surface area contributed by atoms with E-state index in [4.69, 9.17) is 0 Å². The molecule has 1 saturated heterocycles. The number of nitrogens with zero attached hydrogens (tertiary/aromatic N) is 2. The van der Waals surface area contributed by atoms with Crippen LogP contribution in [-0.2, 0) is 6.18 Å². The lowest BCUT2D eigenvalue weighted by molar-refractivity contribution is -0.141. The smallest absolute Gasteiger partial charge is 0.354 e. The first kappa shape index (κ1) is 16.6. The van der Waals surface area contributed by atoms with Gasteiger partial charge in [-0.25, -0.2) is 4.98 Å². The number of H-pyrrole nitrogens is 2. The number of aromatic nitrogens is 3. The molecule has 130 valence electrons. The van der Waals surface area contributed by atoms with E-state index in [1.165, 1.54) is 0 Å². The maximum absolute atomic E-state index is 12.7. The summed E-state index contributed by atoms with van der Waals surface area (Å²) in [7, 11) is 0. The van der Waals surface area contributed by atoms with Crippen molar-refractivity contribution in [3.63, 3.8) is 0 Å². The second-order valence-corrected chi connectivity index (χ2v) is 6.28. The number of carbonyl (C=O) groups excluding carboxylic acids is 1. The summed E-state index contributed by atoms with van der Waals surface area (Å²) in [6, 6.07) is 1.90. The summed E-state index contributed by atoms with van der Waals surface area (Å²) in [5.41, 5.74) is 1.47. The van der Waals surface area contributed by atoms with Crippen molar-refractivity contribution in [2.45, 2.75) is 38.8 Å². The Balaban J connectivity index is 1.76. The lowest BCUT2D eigenvalue weighted by Crippen LogP contribution is -2.39. The maximum atomic E-state index is 12.7. The van der Waals surface area contributed by atoms with Crippen LogP contribution in [0.2, 0.25) is 0 Å². The molecule has 0 aliphatic carbocycles. The Morgan fingerprint density at radius 1 is 1.33 bits per heavy atom. The van der Waals surface area contributed by atoms with E-state index in [-0.39, 0.29) is 11.8 Å². The van der Waals surface area contributed by atoms with Crippen LogP contribution < -0.4 is 0 Å². The fraction of sp³-hybridized carbons (Fsp3) is 0.500. The average Bonchev–Trinajstić information content (AvgIpc) is 3.13. The first-order chi connectivity index (χ1) is 11.3. The molecular weight excluding hydrogens is 321 g/mol. The van der Waals surface area contributed by atoms with Gasteiger partial charge in [0, 0.05) is 24.7 Å². The van der Waals surface area contributed by atoms with Crippen molar-refractivity contribution >= 4 is 5.91 Å². The predicted molar refractivity (Wildman–Crippen MR) is 81.7 cm³/mol. The number of aromatic amines is 2. The average molecular weight is 340 g/mol. The number of amides is 1. The zero-order chi connectivity index (χ0) is 17.5. The van der Waals surface area contributed by atoms with Crippen LogP contribution in [0.25, 0.3) is 0 Å². The van der Waals surface area contributed by atoms with Crippen molar-refractivity contribution in [2.24, 2.45) is 0 Å². The van der Waals surface area contributed by atoms with Gasteiger partial charge in [0.15, 0.2) is 0 Å². The van der Waals surface area contributed by atoms with E-state index in [1.54, 1.807) is 4.90 Å². The molecule has 2 aromatic rings. The van der Waals surface area contributed by atoms with Gasteiger partial charge in [0.05, 0.1) is 6.20 Å². The summed E-state index contributed by atoms with van der Waals surface area (Å²) in [6.07, 6.45) is -2.18. The van der Waals surface area contributed by atoms with Crippen molar-refractivity contribution in [1.82, 2.24) is 19.9 Å². The number of imidazole rings is 1. The number of carbonyl (C=O) groups is 1. The number of hydrogen-bond acceptors (Lipinski definition) is 2. The van der Waals surface area contributed by atoms with Gasteiger partial charge in [0.1, 0.15) is 17.2 Å². The standard InChI is InChI=1S/C16H19F3N4O/c1-9-6-10(2)21-13(9)15(24)23-5-3-4-11(8-23)14-20-7-12(22-14)16(17,18)19/h6-7,11,21H,3-5,8H2,1-2H3,(H,20,22)/t11-/m0/s1. The highest BCUT2D eigenvalue weighted by Gasteiger charge is 2.35. The molecule has 2 N–H and O–H groups in total. The predicted octanol–water partition coefficient (Wildman–Crippen LogP) is 3.39. The molecule has 0 saturated carbocycles. The molecule has 1 amide bonds. The van der Waals surface area contributed by atoms with Gasteiger partial charge in [-0.1, -0.05) is 0 Å². The number of piperidine rings is 1. The molecule has 0 radical (unpaired) electrons. The van der Waals surface area contributed by atoms with Crippen molar-refractivity contribution in [1.29, 1.82) is 0 Å². The molecule has 1 aliphatic heterocycles. The summed E-state index contributed by atoms with van der Waals surface area (Å²) in [5.74, 6) is -0.0396. The van der Waals surface area contributed by atoms with Gasteiger partial charge in [0.2, 0.25) is 0 Å². The molecule has 1 aliphatic rings. The highest BCUT2D eigenvalue weighted by Crippen LogP contribution is 2.31. The van der Waals surface area contributed by atoms with Crippen LogP contribution in [-0.4, -0.2) is 38.8 Å². The summed E-state index contributed by atoms with van der Waals surface area (Å²) >= 11 is 0. The minimum Gasteiger partial charge on any atom is -0.354 e. The van der Waals surface area contributed by atoms with Crippen molar-refractivity contribution in [3.8, 4) is 0 Å². The van der Waals surface area contributed by atoms with Crippen molar-refractivity contribution in [2.75, 3.05) is 13.1 Å². The summed E-state index contributed by atoms with van der Waals surface area (Å²) < 4.78 is 38.1. The van der Waals surface area contributed by atoms with Crippen LogP contribution in [0.4, 0.5) is 13.2 Å². The summed E-state index contributed by atoms with van der Waals surface area (Å²) in [5, 5.41) is 0. The van der Waals surface area contributed by atoms with Crippen LogP contribution in [0.5, 0.6) is 0 Å². The lowest BCUT2D eigenvalue weighted by Gasteiger charge is -2.31. The maximum Gasteiger partial charge on any atom is 0.432 e. The zero-order valence-corrected chi connectivity index (χ0v) is 13.5. The minimum atomic E-state index is -4.44. The Morgan fingerprint density at radius 2 is 2.08 bits per heavy atom. The molecule has 0 bridgehead atoms. The SMILES string of the molecule is Cc1cc(C)c(C(=O)N2CCC[C@H](c3ncc(C(F)(F)F)[nH]3)C2)[nH]1. The van der Waals surface area contributed by atoms with Crippen molar-refractivity contribution in [3.05, 3.63) is 40.7 Å². The van der Waals surface area contributed by atoms with Crippen LogP contribution in [0.3, 0.4) is 0 Å². The molecule has 3 heterocycles. The van der Waals surface area contributed by atoms with Crippen LogP contribution in [0, 0.1) is 13.8 Å². The Kier molecular flexibility index (Phi) is 4.15. The van der Waals surface area contributed by atoms with E-state index in [2.05, 4.69) is 15.0 Å². The third-order valence-corrected chi connectivity index (χ3v) is 4.36. The largest absolute Gasteiger partial charge is 0.432 e. The zero-order valence-electron chi connectivity index (χ0n) is 13.5. The first-order valence-corrected chi connectivity index (χ1v) is 7.83. The molecule has 3 rings (SSSR count). The van der Waals surface area contributed by atoms with Crippen LogP contribution in [0.15, 0.2) is 12.3 Å². The van der Waals surface area contributed by atoms with Gasteiger partial charge in [-0.3, -0.25) is 4.79 Å². The number of nitrogens with one attached hydrogen (secondary N) is 2. The number of halogens is 3. The van der Waals surface area contributed by atoms with Crippen molar-refractivity contribution < 1.29 is 18.0 Å². The highest BCUT2D eigenvalue weighted by molar-refractivity contribution is 5.94. The first-order valence-electron chi connectivity index (χ1n) is 7.83. The van der Waals surface area contributed by atoms with E-state index in [0.717, 1.165) is 23.9 Å². The van der Waals surface area contributed by atoms with E-state index < -0.39 is 11.9 Å². The molecule has 2 aromatic heterocycles. The molecule has 1 atom stereocenters. The third-order valence-electron chi connectivity index (χ3n) is 4.36.